The van der Waals surface area contributed by atoms with Gasteiger partial charge >= 0.3 is 6.09 Å². The lowest BCUT2D eigenvalue weighted by Gasteiger charge is -2.19. The lowest BCUT2D eigenvalue weighted by atomic mass is 10.3. The highest BCUT2D eigenvalue weighted by Crippen LogP contribution is 2.14. The number of anilines is 1. The number of benzene rings is 1. The third-order valence-corrected chi connectivity index (χ3v) is 1.87. The Kier molecular flexibility index (Phi) is 4.41. The minimum absolute atomic E-state index is 0.344. The highest BCUT2D eigenvalue weighted by Gasteiger charge is 2.14. The van der Waals surface area contributed by atoms with E-state index >= 15 is 0 Å². The van der Waals surface area contributed by atoms with Gasteiger partial charge in [-0.2, -0.15) is 0 Å². The Morgan fingerprint density at radius 3 is 2.67 bits per heavy atom. The van der Waals surface area contributed by atoms with Gasteiger partial charge in [0.25, 0.3) is 0 Å². The zero-order valence-corrected chi connectivity index (χ0v) is 8.85. The summed E-state index contributed by atoms with van der Waals surface area (Å²) < 4.78 is 4.95. The summed E-state index contributed by atoms with van der Waals surface area (Å²) in [6, 6.07) is 9.39. The molecule has 15 heavy (non-hydrogen) atoms. The molecule has 80 valence electrons. The first-order valence-corrected chi connectivity index (χ1v) is 4.89. The number of carbonyl (C=O) groups is 1. The van der Waals surface area contributed by atoms with Gasteiger partial charge in [0.1, 0.15) is 0 Å². The first-order valence-electron chi connectivity index (χ1n) is 4.89. The molecule has 0 saturated carbocycles. The van der Waals surface area contributed by atoms with Gasteiger partial charge in [0.2, 0.25) is 0 Å². The van der Waals surface area contributed by atoms with Gasteiger partial charge in [0.15, 0.2) is 0 Å². The van der Waals surface area contributed by atoms with E-state index in [2.05, 4.69) is 6.58 Å². The second-order valence-corrected chi connectivity index (χ2v) is 2.93. The van der Waals surface area contributed by atoms with Crippen LogP contribution in [0.1, 0.15) is 6.92 Å². The van der Waals surface area contributed by atoms with Crippen LogP contribution in [0.15, 0.2) is 43.0 Å². The van der Waals surface area contributed by atoms with Crippen molar-refractivity contribution in [3.63, 3.8) is 0 Å². The Morgan fingerprint density at radius 1 is 1.47 bits per heavy atom. The number of ether oxygens (including phenoxy) is 1. The number of hydrogen-bond donors (Lipinski definition) is 0. The van der Waals surface area contributed by atoms with Crippen molar-refractivity contribution in [2.24, 2.45) is 0 Å². The van der Waals surface area contributed by atoms with Gasteiger partial charge in [-0.05, 0) is 19.1 Å². The number of carbonyl (C=O) groups excluding carboxylic acids is 1. The van der Waals surface area contributed by atoms with Gasteiger partial charge in [-0.25, -0.2) is 4.79 Å². The van der Waals surface area contributed by atoms with Crippen LogP contribution in [-0.2, 0) is 4.74 Å². The summed E-state index contributed by atoms with van der Waals surface area (Å²) in [4.78, 5) is 13.1. The average molecular weight is 205 g/mol. The van der Waals surface area contributed by atoms with E-state index in [1.54, 1.807) is 13.0 Å². The van der Waals surface area contributed by atoms with E-state index < -0.39 is 0 Å². The summed E-state index contributed by atoms with van der Waals surface area (Å²) in [5.41, 5.74) is 0.816. The Bertz CT molecular complexity index is 322. The van der Waals surface area contributed by atoms with Crippen LogP contribution in [0.2, 0.25) is 0 Å². The Hall–Kier alpha value is -1.77. The molecule has 0 radical (unpaired) electrons. The molecule has 0 N–H and O–H groups in total. The standard InChI is InChI=1S/C12H15NO2/c1-3-10-13(12(14)15-4-2)11-8-6-5-7-9-11/h3,5-9H,1,4,10H2,2H3. The lowest BCUT2D eigenvalue weighted by molar-refractivity contribution is 0.160. The third-order valence-electron chi connectivity index (χ3n) is 1.87. The molecule has 1 aromatic rings. The van der Waals surface area contributed by atoms with Gasteiger partial charge in [0, 0.05) is 12.2 Å². The highest BCUT2D eigenvalue weighted by atomic mass is 16.6. The highest BCUT2D eigenvalue weighted by molar-refractivity contribution is 5.87. The topological polar surface area (TPSA) is 29.5 Å². The van der Waals surface area contributed by atoms with Crippen LogP contribution >= 0.6 is 0 Å². The molecule has 3 heteroatoms. The van der Waals surface area contributed by atoms with E-state index in [1.165, 1.54) is 4.90 Å². The molecule has 1 aromatic carbocycles. The molecule has 1 rings (SSSR count). The molecule has 0 bridgehead atoms. The Morgan fingerprint density at radius 2 is 2.13 bits per heavy atom. The van der Waals surface area contributed by atoms with Crippen molar-refractivity contribution in [3.8, 4) is 0 Å². The van der Waals surface area contributed by atoms with Gasteiger partial charge in [0.05, 0.1) is 6.61 Å². The van der Waals surface area contributed by atoms with E-state index in [-0.39, 0.29) is 6.09 Å². The van der Waals surface area contributed by atoms with Crippen molar-refractivity contribution in [2.45, 2.75) is 6.92 Å². The van der Waals surface area contributed by atoms with Gasteiger partial charge in [-0.15, -0.1) is 6.58 Å². The van der Waals surface area contributed by atoms with E-state index in [1.807, 2.05) is 30.3 Å². The van der Waals surface area contributed by atoms with Crippen LogP contribution in [0.4, 0.5) is 10.5 Å². The number of rotatable bonds is 4. The molecule has 0 fully saturated rings. The maximum atomic E-state index is 11.6. The maximum Gasteiger partial charge on any atom is 0.414 e. The zero-order chi connectivity index (χ0) is 11.1. The van der Waals surface area contributed by atoms with Crippen molar-refractivity contribution >= 4 is 11.8 Å². The van der Waals surface area contributed by atoms with Gasteiger partial charge < -0.3 is 4.74 Å². The molecule has 0 unspecified atom stereocenters. The quantitative estimate of drug-likeness (QED) is 0.707. The van der Waals surface area contributed by atoms with E-state index in [0.29, 0.717) is 13.2 Å². The van der Waals surface area contributed by atoms with E-state index in [0.717, 1.165) is 5.69 Å². The predicted molar refractivity (Wildman–Crippen MR) is 61.0 cm³/mol. The first kappa shape index (κ1) is 11.3. The van der Waals surface area contributed by atoms with Crippen molar-refractivity contribution in [2.75, 3.05) is 18.1 Å². The van der Waals surface area contributed by atoms with Crippen LogP contribution in [0.3, 0.4) is 0 Å². The molecule has 0 spiro atoms. The Labute approximate surface area is 90.0 Å². The maximum absolute atomic E-state index is 11.6. The van der Waals surface area contributed by atoms with Crippen LogP contribution in [0.5, 0.6) is 0 Å². The molecule has 0 aliphatic carbocycles. The van der Waals surface area contributed by atoms with Crippen molar-refractivity contribution in [1.29, 1.82) is 0 Å². The van der Waals surface area contributed by atoms with Crippen molar-refractivity contribution < 1.29 is 9.53 Å². The molecular formula is C12H15NO2. The molecular weight excluding hydrogens is 190 g/mol. The van der Waals surface area contributed by atoms with E-state index in [9.17, 15) is 4.79 Å². The largest absolute Gasteiger partial charge is 0.449 e. The minimum Gasteiger partial charge on any atom is -0.449 e. The van der Waals surface area contributed by atoms with Crippen molar-refractivity contribution in [1.82, 2.24) is 0 Å². The molecule has 0 aliphatic rings. The van der Waals surface area contributed by atoms with Crippen LogP contribution in [-0.4, -0.2) is 19.2 Å². The van der Waals surface area contributed by atoms with Gasteiger partial charge in [-0.1, -0.05) is 24.3 Å². The fraction of sp³-hybridized carbons (Fsp3) is 0.250. The monoisotopic (exact) mass is 205 g/mol. The van der Waals surface area contributed by atoms with Crippen LogP contribution in [0, 0.1) is 0 Å². The molecule has 3 nitrogen and oxygen atoms in total. The average Bonchev–Trinajstić information content (AvgIpc) is 2.27. The predicted octanol–water partition coefficient (Wildman–Crippen LogP) is 2.84. The smallest absolute Gasteiger partial charge is 0.414 e. The Balaban J connectivity index is 2.82. The minimum atomic E-state index is -0.344. The molecule has 0 atom stereocenters. The number of amides is 1. The lowest BCUT2D eigenvalue weighted by Crippen LogP contribution is -2.31. The molecule has 1 amide bonds. The van der Waals surface area contributed by atoms with Gasteiger partial charge in [-0.3, -0.25) is 4.90 Å². The summed E-state index contributed by atoms with van der Waals surface area (Å²) in [5.74, 6) is 0. The summed E-state index contributed by atoms with van der Waals surface area (Å²) in [7, 11) is 0. The first-order chi connectivity index (χ1) is 7.29. The zero-order valence-electron chi connectivity index (χ0n) is 8.85. The van der Waals surface area contributed by atoms with E-state index in [4.69, 9.17) is 4.74 Å². The summed E-state index contributed by atoms with van der Waals surface area (Å²) in [6.07, 6.45) is 1.33. The SMILES string of the molecule is C=CCN(C(=O)OCC)c1ccccc1. The normalized spacial score (nSPS) is 9.40. The van der Waals surface area contributed by atoms with Crippen molar-refractivity contribution in [3.05, 3.63) is 43.0 Å². The molecule has 0 aromatic heterocycles. The summed E-state index contributed by atoms with van der Waals surface area (Å²) in [6.45, 7) is 6.23. The molecule has 0 heterocycles. The molecule has 0 aliphatic heterocycles. The second kappa shape index (κ2) is 5.86. The number of para-hydroxylation sites is 1. The molecule has 0 saturated heterocycles. The number of nitrogens with zero attached hydrogens (tertiary/aromatic N) is 1. The second-order valence-electron chi connectivity index (χ2n) is 2.93. The van der Waals surface area contributed by atoms with Crippen LogP contribution in [0.25, 0.3) is 0 Å². The fourth-order valence-electron chi connectivity index (χ4n) is 1.22. The van der Waals surface area contributed by atoms with Crippen LogP contribution < -0.4 is 4.90 Å². The number of hydrogen-bond acceptors (Lipinski definition) is 2. The summed E-state index contributed by atoms with van der Waals surface area (Å²) >= 11 is 0. The fourth-order valence-corrected chi connectivity index (χ4v) is 1.22. The third kappa shape index (κ3) is 3.13. The summed E-state index contributed by atoms with van der Waals surface area (Å²) in [5, 5.41) is 0.